The average molecular weight is 284 g/mol. The van der Waals surface area contributed by atoms with Gasteiger partial charge >= 0.3 is 0 Å². The van der Waals surface area contributed by atoms with E-state index in [4.69, 9.17) is 5.84 Å². The van der Waals surface area contributed by atoms with Gasteiger partial charge in [0.2, 0.25) is 0 Å². The lowest BCUT2D eigenvalue weighted by molar-refractivity contribution is 0.170. The van der Waals surface area contributed by atoms with Crippen molar-refractivity contribution < 1.29 is 4.39 Å². The lowest BCUT2D eigenvalue weighted by atomic mass is 9.59. The zero-order valence-electron chi connectivity index (χ0n) is 12.3. The highest BCUT2D eigenvalue weighted by molar-refractivity contribution is 5.37. The molecule has 1 fully saturated rings. The van der Waals surface area contributed by atoms with E-state index in [1.54, 1.807) is 6.92 Å². The number of hydrogen-bond acceptors (Lipinski definition) is 2. The summed E-state index contributed by atoms with van der Waals surface area (Å²) in [4.78, 5) is 0. The van der Waals surface area contributed by atoms with Crippen LogP contribution in [0.15, 0.2) is 48.5 Å². The smallest absolute Gasteiger partial charge is 0.126 e. The number of benzene rings is 2. The first kappa shape index (κ1) is 14.2. The molecule has 0 aromatic heterocycles. The molecule has 1 saturated carbocycles. The normalized spacial score (nSPS) is 18.0. The molecule has 2 nitrogen and oxygen atoms in total. The van der Waals surface area contributed by atoms with Crippen LogP contribution < -0.4 is 11.3 Å². The van der Waals surface area contributed by atoms with Crippen molar-refractivity contribution in [1.82, 2.24) is 5.43 Å². The molecule has 3 heteroatoms. The maximum absolute atomic E-state index is 13.5. The monoisotopic (exact) mass is 284 g/mol. The zero-order valence-corrected chi connectivity index (χ0v) is 12.3. The molecule has 3 rings (SSSR count). The fraction of sp³-hybridized carbons (Fsp3) is 0.333. The van der Waals surface area contributed by atoms with Gasteiger partial charge in [-0.05, 0) is 42.5 Å². The molecule has 3 N–H and O–H groups in total. The van der Waals surface area contributed by atoms with E-state index in [-0.39, 0.29) is 17.3 Å². The van der Waals surface area contributed by atoms with E-state index < -0.39 is 0 Å². The van der Waals surface area contributed by atoms with Gasteiger partial charge in [0, 0.05) is 5.41 Å². The van der Waals surface area contributed by atoms with Crippen molar-refractivity contribution in [1.29, 1.82) is 0 Å². The minimum absolute atomic E-state index is 0.00736. The van der Waals surface area contributed by atoms with Gasteiger partial charge in [0.05, 0.1) is 6.04 Å². The van der Waals surface area contributed by atoms with Gasteiger partial charge in [-0.3, -0.25) is 11.3 Å². The molecule has 21 heavy (non-hydrogen) atoms. The predicted octanol–water partition coefficient (Wildman–Crippen LogP) is 3.76. The third kappa shape index (κ3) is 2.37. The molecule has 0 bridgehead atoms. The highest BCUT2D eigenvalue weighted by Crippen LogP contribution is 2.51. The van der Waals surface area contributed by atoms with Crippen LogP contribution in [0.1, 0.15) is 42.0 Å². The van der Waals surface area contributed by atoms with Gasteiger partial charge < -0.3 is 0 Å². The lowest BCUT2D eigenvalue weighted by Crippen LogP contribution is -2.48. The summed E-state index contributed by atoms with van der Waals surface area (Å²) in [6.07, 6.45) is 3.40. The number of aryl methyl sites for hydroxylation is 1. The van der Waals surface area contributed by atoms with Crippen LogP contribution in [-0.4, -0.2) is 0 Å². The second-order valence-corrected chi connectivity index (χ2v) is 5.98. The first-order valence-electron chi connectivity index (χ1n) is 7.45. The molecule has 1 aliphatic rings. The van der Waals surface area contributed by atoms with Gasteiger partial charge in [-0.15, -0.1) is 0 Å². The number of hydrazine groups is 1. The van der Waals surface area contributed by atoms with Gasteiger partial charge in [0.15, 0.2) is 0 Å². The Morgan fingerprint density at radius 3 is 2.38 bits per heavy atom. The molecule has 1 aliphatic carbocycles. The summed E-state index contributed by atoms with van der Waals surface area (Å²) in [6, 6.07) is 15.8. The molecule has 2 aromatic carbocycles. The van der Waals surface area contributed by atoms with Gasteiger partial charge in [-0.1, -0.05) is 48.9 Å². The van der Waals surface area contributed by atoms with Gasteiger partial charge in [-0.2, -0.15) is 0 Å². The van der Waals surface area contributed by atoms with E-state index in [1.807, 2.05) is 18.2 Å². The first-order chi connectivity index (χ1) is 10.2. The molecule has 1 unspecified atom stereocenters. The summed E-state index contributed by atoms with van der Waals surface area (Å²) < 4.78 is 13.5. The number of rotatable bonds is 4. The molecule has 0 heterocycles. The highest BCUT2D eigenvalue weighted by Gasteiger charge is 2.45. The van der Waals surface area contributed by atoms with Crippen LogP contribution in [-0.2, 0) is 5.41 Å². The van der Waals surface area contributed by atoms with E-state index >= 15 is 0 Å². The summed E-state index contributed by atoms with van der Waals surface area (Å²) in [7, 11) is 0. The Hall–Kier alpha value is -1.71. The minimum Gasteiger partial charge on any atom is -0.271 e. The standard InChI is InChI=1S/C18H21FN2/c1-13-12-14(8-9-16(13)19)17(21-20)18(10-5-11-18)15-6-3-2-4-7-15/h2-4,6-9,12,17,21H,5,10-11,20H2,1H3. The highest BCUT2D eigenvalue weighted by atomic mass is 19.1. The zero-order chi connectivity index (χ0) is 14.9. The summed E-state index contributed by atoms with van der Waals surface area (Å²) >= 11 is 0. The average Bonchev–Trinajstić information content (AvgIpc) is 2.47. The van der Waals surface area contributed by atoms with Crippen LogP contribution in [0.3, 0.4) is 0 Å². The molecule has 0 spiro atoms. The van der Waals surface area contributed by atoms with E-state index in [9.17, 15) is 4.39 Å². The maximum Gasteiger partial charge on any atom is 0.126 e. The van der Waals surface area contributed by atoms with Crippen molar-refractivity contribution in [2.24, 2.45) is 5.84 Å². The van der Waals surface area contributed by atoms with Crippen molar-refractivity contribution in [3.63, 3.8) is 0 Å². The second-order valence-electron chi connectivity index (χ2n) is 5.98. The van der Waals surface area contributed by atoms with Crippen LogP contribution >= 0.6 is 0 Å². The fourth-order valence-corrected chi connectivity index (χ4v) is 3.49. The second kappa shape index (κ2) is 5.58. The van der Waals surface area contributed by atoms with Gasteiger partial charge in [-0.25, -0.2) is 4.39 Å². The quantitative estimate of drug-likeness (QED) is 0.662. The van der Waals surface area contributed by atoms with Crippen LogP contribution in [0.25, 0.3) is 0 Å². The van der Waals surface area contributed by atoms with Crippen molar-refractivity contribution in [2.75, 3.05) is 0 Å². The molecule has 110 valence electrons. The predicted molar refractivity (Wildman–Crippen MR) is 83.2 cm³/mol. The topological polar surface area (TPSA) is 38.0 Å². The molecular formula is C18H21FN2. The largest absolute Gasteiger partial charge is 0.271 e. The summed E-state index contributed by atoms with van der Waals surface area (Å²) in [5, 5.41) is 0. The van der Waals surface area contributed by atoms with Crippen LogP contribution in [0.5, 0.6) is 0 Å². The van der Waals surface area contributed by atoms with E-state index in [0.29, 0.717) is 5.56 Å². The Labute approximate surface area is 125 Å². The molecule has 0 amide bonds. The Kier molecular flexibility index (Phi) is 3.79. The van der Waals surface area contributed by atoms with Crippen molar-refractivity contribution in [2.45, 2.75) is 37.6 Å². The fourth-order valence-electron chi connectivity index (χ4n) is 3.49. The number of nitrogens with one attached hydrogen (secondary N) is 1. The van der Waals surface area contributed by atoms with Crippen molar-refractivity contribution in [3.8, 4) is 0 Å². The van der Waals surface area contributed by atoms with Gasteiger partial charge in [0.1, 0.15) is 5.82 Å². The molecule has 0 radical (unpaired) electrons. The SMILES string of the molecule is Cc1cc(C(NN)C2(c3ccccc3)CCC2)ccc1F. The number of hydrogen-bond donors (Lipinski definition) is 2. The first-order valence-corrected chi connectivity index (χ1v) is 7.45. The molecular weight excluding hydrogens is 263 g/mol. The van der Waals surface area contributed by atoms with E-state index in [2.05, 4.69) is 29.7 Å². The van der Waals surface area contributed by atoms with Crippen LogP contribution in [0.2, 0.25) is 0 Å². The Balaban J connectivity index is 2.03. The maximum atomic E-state index is 13.5. The van der Waals surface area contributed by atoms with E-state index in [0.717, 1.165) is 18.4 Å². The number of nitrogens with two attached hydrogens (primary N) is 1. The Morgan fingerprint density at radius 1 is 1.14 bits per heavy atom. The third-order valence-corrected chi connectivity index (χ3v) is 4.83. The van der Waals surface area contributed by atoms with Gasteiger partial charge in [0.25, 0.3) is 0 Å². The molecule has 0 saturated heterocycles. The molecule has 2 aromatic rings. The Morgan fingerprint density at radius 2 is 1.86 bits per heavy atom. The third-order valence-electron chi connectivity index (χ3n) is 4.83. The summed E-state index contributed by atoms with van der Waals surface area (Å²) in [5.41, 5.74) is 6.02. The molecule has 0 aliphatic heterocycles. The number of halogens is 1. The minimum atomic E-state index is -0.170. The molecule has 1 atom stereocenters. The van der Waals surface area contributed by atoms with E-state index in [1.165, 1.54) is 18.1 Å². The summed E-state index contributed by atoms with van der Waals surface area (Å²) in [5.74, 6) is 5.71. The van der Waals surface area contributed by atoms with Crippen molar-refractivity contribution >= 4 is 0 Å². The lowest BCUT2D eigenvalue weighted by Gasteiger charge is -2.48. The summed E-state index contributed by atoms with van der Waals surface area (Å²) in [6.45, 7) is 1.79. The van der Waals surface area contributed by atoms with Crippen LogP contribution in [0.4, 0.5) is 4.39 Å². The van der Waals surface area contributed by atoms with Crippen LogP contribution in [0, 0.1) is 12.7 Å². The van der Waals surface area contributed by atoms with Crippen molar-refractivity contribution in [3.05, 3.63) is 71.0 Å². The Bertz CT molecular complexity index is 620.